The quantitative estimate of drug-likeness (QED) is 0.435. The Kier molecular flexibility index (Phi) is 5.71. The van der Waals surface area contributed by atoms with E-state index in [-0.39, 0.29) is 0 Å². The van der Waals surface area contributed by atoms with Gasteiger partial charge in [0.1, 0.15) is 0 Å². The van der Waals surface area contributed by atoms with Crippen LogP contribution in [0.4, 0.5) is 17.1 Å². The van der Waals surface area contributed by atoms with E-state index in [0.29, 0.717) is 0 Å². The first kappa shape index (κ1) is 16.8. The van der Waals surface area contributed by atoms with Crippen LogP contribution in [0.3, 0.4) is 0 Å². The monoisotopic (exact) mass is 379 g/mol. The van der Waals surface area contributed by atoms with E-state index in [1.54, 1.807) is 0 Å². The molecule has 0 heterocycles. The summed E-state index contributed by atoms with van der Waals surface area (Å²) in [7, 11) is 0. The first-order valence-corrected chi connectivity index (χ1v) is 9.27. The minimum absolute atomic E-state index is 1.09. The van der Waals surface area contributed by atoms with Crippen molar-refractivity contribution in [3.63, 3.8) is 0 Å². The summed E-state index contributed by atoms with van der Waals surface area (Å²) in [4.78, 5) is 2.29. The molecule has 0 N–H and O–H groups in total. The van der Waals surface area contributed by atoms with Crippen LogP contribution in [0.5, 0.6) is 0 Å². The average Bonchev–Trinajstić information content (AvgIpc) is 2.64. The fourth-order valence-corrected chi connectivity index (χ4v) is 3.07. The van der Waals surface area contributed by atoms with Crippen molar-refractivity contribution in [1.29, 1.82) is 0 Å². The highest BCUT2D eigenvalue weighted by molar-refractivity contribution is 9.10. The van der Waals surface area contributed by atoms with Crippen molar-refractivity contribution in [1.82, 2.24) is 0 Å². The van der Waals surface area contributed by atoms with Crippen LogP contribution in [0, 0.1) is 0 Å². The number of anilines is 3. The standard InChI is InChI=1S/C22H22BrN/c1-2-3-7-18-10-14-21(15-11-18)24(20-8-5-4-6-9-20)22-16-12-19(23)13-17-22/h4-6,8-17H,2-3,7H2,1H3. The Hall–Kier alpha value is -2.06. The predicted octanol–water partition coefficient (Wildman–Crippen LogP) is 7.26. The zero-order valence-corrected chi connectivity index (χ0v) is 15.5. The van der Waals surface area contributed by atoms with Crippen LogP contribution < -0.4 is 4.90 Å². The largest absolute Gasteiger partial charge is 0.311 e. The summed E-state index contributed by atoms with van der Waals surface area (Å²) in [6.45, 7) is 2.24. The van der Waals surface area contributed by atoms with Crippen molar-refractivity contribution in [2.75, 3.05) is 4.90 Å². The Morgan fingerprint density at radius 3 is 1.83 bits per heavy atom. The molecule has 0 atom stereocenters. The lowest BCUT2D eigenvalue weighted by molar-refractivity contribution is 0.795. The molecular weight excluding hydrogens is 358 g/mol. The molecule has 0 radical (unpaired) electrons. The van der Waals surface area contributed by atoms with Crippen molar-refractivity contribution < 1.29 is 0 Å². The smallest absolute Gasteiger partial charge is 0.0462 e. The van der Waals surface area contributed by atoms with Crippen LogP contribution in [-0.2, 0) is 6.42 Å². The Balaban J connectivity index is 1.97. The third-order valence-electron chi connectivity index (χ3n) is 4.11. The third kappa shape index (κ3) is 4.07. The minimum atomic E-state index is 1.09. The number of hydrogen-bond donors (Lipinski definition) is 0. The second-order valence-electron chi connectivity index (χ2n) is 5.92. The van der Waals surface area contributed by atoms with E-state index in [4.69, 9.17) is 0 Å². The lowest BCUT2D eigenvalue weighted by Gasteiger charge is -2.25. The first-order chi connectivity index (χ1) is 11.8. The van der Waals surface area contributed by atoms with Gasteiger partial charge in [0.25, 0.3) is 0 Å². The number of hydrogen-bond acceptors (Lipinski definition) is 1. The summed E-state index contributed by atoms with van der Waals surface area (Å²) in [5.41, 5.74) is 4.92. The van der Waals surface area contributed by atoms with Crippen molar-refractivity contribution in [2.24, 2.45) is 0 Å². The maximum atomic E-state index is 3.52. The maximum absolute atomic E-state index is 3.52. The zero-order valence-electron chi connectivity index (χ0n) is 14.0. The highest BCUT2D eigenvalue weighted by atomic mass is 79.9. The molecule has 0 aliphatic carbocycles. The van der Waals surface area contributed by atoms with Crippen molar-refractivity contribution >= 4 is 33.0 Å². The van der Waals surface area contributed by atoms with Gasteiger partial charge in [0.05, 0.1) is 0 Å². The number of halogens is 1. The molecule has 0 saturated carbocycles. The number of rotatable bonds is 6. The minimum Gasteiger partial charge on any atom is -0.311 e. The van der Waals surface area contributed by atoms with Crippen molar-refractivity contribution in [3.05, 3.63) is 88.9 Å². The molecule has 3 aromatic rings. The fourth-order valence-electron chi connectivity index (χ4n) is 2.81. The summed E-state index contributed by atoms with van der Waals surface area (Å²) in [5.74, 6) is 0. The van der Waals surface area contributed by atoms with Crippen molar-refractivity contribution in [3.8, 4) is 0 Å². The van der Waals surface area contributed by atoms with Crippen LogP contribution in [0.1, 0.15) is 25.3 Å². The molecule has 122 valence electrons. The van der Waals surface area contributed by atoms with Gasteiger partial charge < -0.3 is 4.90 Å². The Morgan fingerprint density at radius 1 is 0.708 bits per heavy atom. The van der Waals surface area contributed by atoms with Gasteiger partial charge in [-0.05, 0) is 66.9 Å². The lowest BCUT2D eigenvalue weighted by Crippen LogP contribution is -2.09. The molecule has 3 aromatic carbocycles. The van der Waals surface area contributed by atoms with Crippen molar-refractivity contribution in [2.45, 2.75) is 26.2 Å². The average molecular weight is 380 g/mol. The van der Waals surface area contributed by atoms with E-state index in [1.807, 2.05) is 0 Å². The topological polar surface area (TPSA) is 3.24 Å². The molecule has 3 rings (SSSR count). The summed E-state index contributed by atoms with van der Waals surface area (Å²) in [6, 6.07) is 27.9. The van der Waals surface area contributed by atoms with E-state index < -0.39 is 0 Å². The number of aryl methyl sites for hydroxylation is 1. The number of para-hydroxylation sites is 1. The molecule has 0 aromatic heterocycles. The van der Waals surface area contributed by atoms with Gasteiger partial charge in [0, 0.05) is 21.5 Å². The van der Waals surface area contributed by atoms with Crippen LogP contribution in [0.25, 0.3) is 0 Å². The molecule has 0 fully saturated rings. The second-order valence-corrected chi connectivity index (χ2v) is 6.83. The number of benzene rings is 3. The molecule has 0 aliphatic heterocycles. The van der Waals surface area contributed by atoms with Crippen LogP contribution in [0.2, 0.25) is 0 Å². The van der Waals surface area contributed by atoms with Gasteiger partial charge >= 0.3 is 0 Å². The molecule has 24 heavy (non-hydrogen) atoms. The summed E-state index contributed by atoms with van der Waals surface area (Å²) in [5, 5.41) is 0. The van der Waals surface area contributed by atoms with Crippen LogP contribution in [-0.4, -0.2) is 0 Å². The van der Waals surface area contributed by atoms with Gasteiger partial charge in [-0.15, -0.1) is 0 Å². The fraction of sp³-hybridized carbons (Fsp3) is 0.182. The molecule has 0 spiro atoms. The van der Waals surface area contributed by atoms with Gasteiger partial charge in [0.15, 0.2) is 0 Å². The molecule has 0 unspecified atom stereocenters. The van der Waals surface area contributed by atoms with Gasteiger partial charge in [-0.2, -0.15) is 0 Å². The molecule has 1 nitrogen and oxygen atoms in total. The van der Waals surface area contributed by atoms with Gasteiger partial charge in [-0.1, -0.05) is 59.6 Å². The van der Waals surface area contributed by atoms with Gasteiger partial charge in [0.2, 0.25) is 0 Å². The predicted molar refractivity (Wildman–Crippen MR) is 107 cm³/mol. The first-order valence-electron chi connectivity index (χ1n) is 8.47. The summed E-state index contributed by atoms with van der Waals surface area (Å²) >= 11 is 3.52. The number of unbranched alkanes of at least 4 members (excludes halogenated alkanes) is 1. The maximum Gasteiger partial charge on any atom is 0.0462 e. The molecular formula is C22H22BrN. The zero-order chi connectivity index (χ0) is 16.8. The normalized spacial score (nSPS) is 10.6. The summed E-state index contributed by atoms with van der Waals surface area (Å²) in [6.07, 6.45) is 3.63. The molecule has 0 aliphatic rings. The molecule has 0 bridgehead atoms. The van der Waals surface area contributed by atoms with E-state index in [0.717, 1.165) is 16.6 Å². The van der Waals surface area contributed by atoms with Gasteiger partial charge in [-0.25, -0.2) is 0 Å². The Morgan fingerprint density at radius 2 is 1.25 bits per heavy atom. The van der Waals surface area contributed by atoms with E-state index in [1.165, 1.54) is 29.8 Å². The highest BCUT2D eigenvalue weighted by Crippen LogP contribution is 2.34. The molecule has 0 amide bonds. The van der Waals surface area contributed by atoms with E-state index in [9.17, 15) is 0 Å². The Labute approximate surface area is 153 Å². The highest BCUT2D eigenvalue weighted by Gasteiger charge is 2.11. The number of nitrogens with zero attached hydrogens (tertiary/aromatic N) is 1. The second kappa shape index (κ2) is 8.16. The lowest BCUT2D eigenvalue weighted by atomic mass is 10.1. The SMILES string of the molecule is CCCCc1ccc(N(c2ccccc2)c2ccc(Br)cc2)cc1. The van der Waals surface area contributed by atoms with E-state index in [2.05, 4.69) is 107 Å². The molecule has 2 heteroatoms. The van der Waals surface area contributed by atoms with Crippen LogP contribution in [0.15, 0.2) is 83.3 Å². The molecule has 0 saturated heterocycles. The third-order valence-corrected chi connectivity index (χ3v) is 4.64. The van der Waals surface area contributed by atoms with Crippen LogP contribution >= 0.6 is 15.9 Å². The van der Waals surface area contributed by atoms with E-state index >= 15 is 0 Å². The van der Waals surface area contributed by atoms with Gasteiger partial charge in [-0.3, -0.25) is 0 Å². The Bertz CT molecular complexity index is 748. The summed E-state index contributed by atoms with van der Waals surface area (Å²) < 4.78 is 1.09.